The first kappa shape index (κ1) is 11.5. The number of benzene rings is 1. The molecule has 7 heteroatoms. The highest BCUT2D eigenvalue weighted by atomic mass is 32.2. The lowest BCUT2D eigenvalue weighted by Gasteiger charge is -2.19. The molecule has 1 aliphatic heterocycles. The molecule has 0 aliphatic carbocycles. The lowest BCUT2D eigenvalue weighted by atomic mass is 10.1. The maximum absolute atomic E-state index is 11.7. The van der Waals surface area contributed by atoms with E-state index in [1.807, 2.05) is 0 Å². The summed E-state index contributed by atoms with van der Waals surface area (Å²) in [6.45, 7) is 0. The number of fused-ring (bicyclic) bond motifs is 1. The number of aliphatic hydroxyl groups excluding tert-OH is 1. The van der Waals surface area contributed by atoms with Crippen LogP contribution in [0.15, 0.2) is 29.2 Å². The molecule has 0 saturated carbocycles. The molecule has 1 aromatic carbocycles. The second kappa shape index (κ2) is 3.77. The van der Waals surface area contributed by atoms with Crippen LogP contribution in [0.2, 0.25) is 0 Å². The van der Waals surface area contributed by atoms with Crippen LogP contribution >= 0.6 is 0 Å². The van der Waals surface area contributed by atoms with Crippen molar-refractivity contribution in [1.29, 1.82) is 0 Å². The third-order valence-electron chi connectivity index (χ3n) is 2.28. The van der Waals surface area contributed by atoms with Crippen molar-refractivity contribution < 1.29 is 23.1 Å². The molecule has 1 aliphatic rings. The summed E-state index contributed by atoms with van der Waals surface area (Å²) in [4.78, 5) is 10.6. The van der Waals surface area contributed by atoms with Gasteiger partial charge in [0, 0.05) is 5.56 Å². The minimum atomic E-state index is -4.09. The largest absolute Gasteiger partial charge is 0.506 e. The van der Waals surface area contributed by atoms with Gasteiger partial charge in [-0.3, -0.25) is 4.72 Å². The summed E-state index contributed by atoms with van der Waals surface area (Å²) in [6, 6.07) is 6.20. The monoisotopic (exact) mass is 255 g/mol. The summed E-state index contributed by atoms with van der Waals surface area (Å²) in [5.41, 5.74) is 0.459. The van der Waals surface area contributed by atoms with Gasteiger partial charge in [0.25, 0.3) is 10.0 Å². The van der Waals surface area contributed by atoms with Crippen LogP contribution in [0.5, 0.6) is 0 Å². The van der Waals surface area contributed by atoms with E-state index in [1.165, 1.54) is 12.1 Å². The summed E-state index contributed by atoms with van der Waals surface area (Å²) < 4.78 is 30.0. The Balaban J connectivity index is 2.74. The lowest BCUT2D eigenvalue weighted by molar-refractivity contribution is -0.135. The van der Waals surface area contributed by atoms with E-state index in [9.17, 15) is 18.3 Å². The van der Waals surface area contributed by atoms with Crippen molar-refractivity contribution in [3.63, 3.8) is 0 Å². The van der Waals surface area contributed by atoms with Gasteiger partial charge in [-0.25, -0.2) is 13.2 Å². The Morgan fingerprint density at radius 2 is 2.00 bits per heavy atom. The van der Waals surface area contributed by atoms with Gasteiger partial charge in [0.05, 0.1) is 12.8 Å². The highest BCUT2D eigenvalue weighted by Gasteiger charge is 2.36. The number of methoxy groups -OCH3 is 1. The zero-order chi connectivity index (χ0) is 12.6. The zero-order valence-electron chi connectivity index (χ0n) is 8.80. The molecular formula is C10H9NO5S. The fourth-order valence-electron chi connectivity index (χ4n) is 1.52. The van der Waals surface area contributed by atoms with Gasteiger partial charge in [0.2, 0.25) is 4.91 Å². The van der Waals surface area contributed by atoms with Crippen molar-refractivity contribution >= 4 is 27.4 Å². The van der Waals surface area contributed by atoms with E-state index in [-0.39, 0.29) is 11.3 Å². The van der Waals surface area contributed by atoms with E-state index in [0.29, 0.717) is 0 Å². The molecule has 1 heterocycles. The van der Waals surface area contributed by atoms with Gasteiger partial charge in [-0.05, 0) is 12.1 Å². The number of sulfonamides is 1. The van der Waals surface area contributed by atoms with Crippen LogP contribution in [-0.4, -0.2) is 26.6 Å². The summed E-state index contributed by atoms with van der Waals surface area (Å²) in [7, 11) is -3.05. The molecule has 0 unspecified atom stereocenters. The van der Waals surface area contributed by atoms with E-state index >= 15 is 0 Å². The van der Waals surface area contributed by atoms with Gasteiger partial charge < -0.3 is 9.84 Å². The Kier molecular flexibility index (Phi) is 2.55. The maximum Gasteiger partial charge on any atom is 0.355 e. The molecular weight excluding hydrogens is 246 g/mol. The van der Waals surface area contributed by atoms with Crippen LogP contribution in [0.1, 0.15) is 5.56 Å². The topological polar surface area (TPSA) is 92.7 Å². The van der Waals surface area contributed by atoms with Crippen molar-refractivity contribution in [2.75, 3.05) is 11.8 Å². The van der Waals surface area contributed by atoms with Gasteiger partial charge >= 0.3 is 5.97 Å². The SMILES string of the molecule is COC(=O)C1=C(O)c2ccccc2NS1(=O)=O. The minimum absolute atomic E-state index is 0.220. The molecule has 6 nitrogen and oxygen atoms in total. The Labute approximate surface area is 97.6 Å². The highest BCUT2D eigenvalue weighted by Crippen LogP contribution is 2.33. The molecule has 0 saturated heterocycles. The lowest BCUT2D eigenvalue weighted by Crippen LogP contribution is -2.27. The van der Waals surface area contributed by atoms with Crippen LogP contribution in [-0.2, 0) is 19.6 Å². The second-order valence-corrected chi connectivity index (χ2v) is 4.94. The number of esters is 1. The molecule has 2 rings (SSSR count). The van der Waals surface area contributed by atoms with Gasteiger partial charge in [-0.1, -0.05) is 12.1 Å². The normalized spacial score (nSPS) is 17.0. The quantitative estimate of drug-likeness (QED) is 0.725. The third-order valence-corrected chi connectivity index (χ3v) is 3.67. The van der Waals surface area contributed by atoms with Gasteiger partial charge in [0.15, 0.2) is 5.76 Å². The van der Waals surface area contributed by atoms with Crippen LogP contribution < -0.4 is 4.72 Å². The molecule has 0 fully saturated rings. The second-order valence-electron chi connectivity index (χ2n) is 3.32. The zero-order valence-corrected chi connectivity index (χ0v) is 9.61. The number of carbonyl (C=O) groups is 1. The van der Waals surface area contributed by atoms with Crippen LogP contribution in [0.4, 0.5) is 5.69 Å². The Morgan fingerprint density at radius 3 is 2.65 bits per heavy atom. The van der Waals surface area contributed by atoms with E-state index in [0.717, 1.165) is 7.11 Å². The predicted octanol–water partition coefficient (Wildman–Crippen LogP) is 0.841. The van der Waals surface area contributed by atoms with Crippen LogP contribution in [0.3, 0.4) is 0 Å². The van der Waals surface area contributed by atoms with Crippen molar-refractivity contribution in [2.45, 2.75) is 0 Å². The molecule has 1 aromatic rings. The highest BCUT2D eigenvalue weighted by molar-refractivity contribution is 7.97. The fourth-order valence-corrected chi connectivity index (χ4v) is 2.76. The third kappa shape index (κ3) is 1.74. The van der Waals surface area contributed by atoms with Crippen molar-refractivity contribution in [3.8, 4) is 0 Å². The first-order valence-electron chi connectivity index (χ1n) is 4.61. The van der Waals surface area contributed by atoms with E-state index in [4.69, 9.17) is 0 Å². The maximum atomic E-state index is 11.7. The summed E-state index contributed by atoms with van der Waals surface area (Å²) in [6.07, 6.45) is 0. The molecule has 17 heavy (non-hydrogen) atoms. The number of aliphatic hydroxyl groups is 1. The van der Waals surface area contributed by atoms with E-state index in [2.05, 4.69) is 9.46 Å². The van der Waals surface area contributed by atoms with Gasteiger partial charge in [0.1, 0.15) is 0 Å². The van der Waals surface area contributed by atoms with Gasteiger partial charge in [-0.15, -0.1) is 0 Å². The summed E-state index contributed by atoms with van der Waals surface area (Å²) >= 11 is 0. The average Bonchev–Trinajstić information content (AvgIpc) is 2.27. The first-order chi connectivity index (χ1) is 7.97. The standard InChI is InChI=1S/C10H9NO5S/c1-16-10(13)9-8(12)6-4-2-3-5-7(6)11-17(9,14)15/h2-5,11-12H,1H3. The van der Waals surface area contributed by atoms with E-state index < -0.39 is 26.7 Å². The molecule has 0 spiro atoms. The van der Waals surface area contributed by atoms with Crippen molar-refractivity contribution in [3.05, 3.63) is 34.7 Å². The number of nitrogens with one attached hydrogen (secondary N) is 1. The Bertz CT molecular complexity index is 617. The number of hydrogen-bond acceptors (Lipinski definition) is 5. The number of rotatable bonds is 1. The molecule has 0 radical (unpaired) electrons. The van der Waals surface area contributed by atoms with Crippen LogP contribution in [0.25, 0.3) is 5.76 Å². The number of hydrogen-bond donors (Lipinski definition) is 2. The predicted molar refractivity (Wildman–Crippen MR) is 60.5 cm³/mol. The summed E-state index contributed by atoms with van der Waals surface area (Å²) in [5, 5.41) is 9.82. The number of para-hydroxylation sites is 1. The smallest absolute Gasteiger partial charge is 0.355 e. The molecule has 2 N–H and O–H groups in total. The fraction of sp³-hybridized carbons (Fsp3) is 0.100. The molecule has 0 amide bonds. The number of anilines is 1. The van der Waals surface area contributed by atoms with E-state index in [1.54, 1.807) is 12.1 Å². The number of ether oxygens (including phenoxy) is 1. The molecule has 0 atom stereocenters. The molecule has 0 bridgehead atoms. The summed E-state index contributed by atoms with van der Waals surface area (Å²) in [5.74, 6) is -1.71. The number of carbonyl (C=O) groups excluding carboxylic acids is 1. The minimum Gasteiger partial charge on any atom is -0.506 e. The Morgan fingerprint density at radius 1 is 1.35 bits per heavy atom. The molecule has 90 valence electrons. The van der Waals surface area contributed by atoms with Gasteiger partial charge in [-0.2, -0.15) is 0 Å². The Hall–Kier alpha value is -2.02. The first-order valence-corrected chi connectivity index (χ1v) is 6.09. The van der Waals surface area contributed by atoms with Crippen molar-refractivity contribution in [2.24, 2.45) is 0 Å². The van der Waals surface area contributed by atoms with Crippen molar-refractivity contribution in [1.82, 2.24) is 0 Å². The average molecular weight is 255 g/mol. The van der Waals surface area contributed by atoms with Crippen LogP contribution in [0, 0.1) is 0 Å². The molecule has 0 aromatic heterocycles.